The fraction of sp³-hybridized carbons (Fsp3) is 0.0870. The second-order valence-electron chi connectivity index (χ2n) is 7.01. The van der Waals surface area contributed by atoms with E-state index >= 15 is 0 Å². The Morgan fingerprint density at radius 1 is 0.536 bits per heavy atom. The van der Waals surface area contributed by atoms with E-state index in [2.05, 4.69) is 32.1 Å². The van der Waals surface area contributed by atoms with Crippen LogP contribution in [-0.2, 0) is 0 Å². The molecule has 2 aromatic carbocycles. The lowest BCUT2D eigenvalue weighted by Gasteiger charge is -2.10. The molecule has 0 radical (unpaired) electrons. The fourth-order valence-electron chi connectivity index (χ4n) is 3.88. The quantitative estimate of drug-likeness (QED) is 0.463. The van der Waals surface area contributed by atoms with E-state index in [1.807, 2.05) is 26.0 Å². The zero-order valence-corrected chi connectivity index (χ0v) is 15.5. The number of benzene rings is 2. The molecule has 0 atom stereocenters. The van der Waals surface area contributed by atoms with Crippen molar-refractivity contribution in [2.75, 3.05) is 0 Å². The molecule has 0 unspecified atom stereocenters. The molecule has 5 nitrogen and oxygen atoms in total. The third kappa shape index (κ3) is 2.44. The Morgan fingerprint density at radius 3 is 1.32 bits per heavy atom. The smallest absolute Gasteiger partial charge is 0.194 e. The van der Waals surface area contributed by atoms with Crippen molar-refractivity contribution in [3.63, 3.8) is 0 Å². The number of aryl methyl sites for hydroxylation is 2. The highest BCUT2D eigenvalue weighted by atomic mass is 16.1. The molecule has 0 amide bonds. The molecule has 0 bridgehead atoms. The van der Waals surface area contributed by atoms with E-state index < -0.39 is 0 Å². The minimum Gasteiger partial charge on any atom is -0.289 e. The maximum Gasteiger partial charge on any atom is 0.194 e. The molecule has 2 heterocycles. The summed E-state index contributed by atoms with van der Waals surface area (Å²) in [5.41, 5.74) is 9.37. The Kier molecular flexibility index (Phi) is 3.62. The highest BCUT2D eigenvalue weighted by molar-refractivity contribution is 6.22. The number of ketones is 1. The zero-order chi connectivity index (χ0) is 19.3. The van der Waals surface area contributed by atoms with Crippen molar-refractivity contribution in [2.24, 2.45) is 0 Å². The predicted molar refractivity (Wildman–Crippen MR) is 107 cm³/mol. The van der Waals surface area contributed by atoms with E-state index in [0.29, 0.717) is 0 Å². The monoisotopic (exact) mass is 364 g/mol. The van der Waals surface area contributed by atoms with Gasteiger partial charge in [0.15, 0.2) is 5.78 Å². The summed E-state index contributed by atoms with van der Waals surface area (Å²) in [5, 5.41) is 0. The van der Waals surface area contributed by atoms with Gasteiger partial charge in [0.1, 0.15) is 12.7 Å². The van der Waals surface area contributed by atoms with E-state index in [-0.39, 0.29) is 5.78 Å². The zero-order valence-electron chi connectivity index (χ0n) is 15.5. The minimum absolute atomic E-state index is 0.0428. The van der Waals surface area contributed by atoms with Crippen LogP contribution in [0.2, 0.25) is 0 Å². The fourth-order valence-corrected chi connectivity index (χ4v) is 3.88. The Hall–Kier alpha value is -3.73. The number of fused-ring (bicyclic) bond motifs is 3. The van der Waals surface area contributed by atoms with Gasteiger partial charge in [0.2, 0.25) is 0 Å². The molecule has 4 aromatic rings. The molecule has 5 rings (SSSR count). The van der Waals surface area contributed by atoms with Crippen LogP contribution < -0.4 is 0 Å². The summed E-state index contributed by atoms with van der Waals surface area (Å²) in [6.45, 7) is 4.10. The largest absolute Gasteiger partial charge is 0.289 e. The topological polar surface area (TPSA) is 68.6 Å². The highest BCUT2D eigenvalue weighted by Crippen LogP contribution is 2.42. The van der Waals surface area contributed by atoms with Gasteiger partial charge in [-0.05, 0) is 59.4 Å². The normalized spacial score (nSPS) is 12.0. The van der Waals surface area contributed by atoms with Gasteiger partial charge in [0.05, 0.1) is 0 Å². The second kappa shape index (κ2) is 6.16. The highest BCUT2D eigenvalue weighted by Gasteiger charge is 2.29. The molecule has 2 aromatic heterocycles. The first-order valence-corrected chi connectivity index (χ1v) is 8.98. The second-order valence-corrected chi connectivity index (χ2v) is 7.01. The maximum absolute atomic E-state index is 13.2. The van der Waals surface area contributed by atoms with Crippen molar-refractivity contribution in [2.45, 2.75) is 13.8 Å². The lowest BCUT2D eigenvalue weighted by molar-refractivity contribution is 0.104. The van der Waals surface area contributed by atoms with Crippen LogP contribution >= 0.6 is 0 Å². The van der Waals surface area contributed by atoms with Crippen LogP contribution in [0.4, 0.5) is 0 Å². The number of hydrogen-bond acceptors (Lipinski definition) is 5. The van der Waals surface area contributed by atoms with Gasteiger partial charge in [0, 0.05) is 47.0 Å². The first-order valence-electron chi connectivity index (χ1n) is 8.98. The molecule has 0 saturated carbocycles. The standard InChI is InChI=1S/C23H16N4O/c1-13-3-19-20-4-14(2)18(16-9-26-12-27-10-16)6-22(20)23(28)21(19)5-17(13)15-7-24-11-25-8-15/h3-12H,1-2H3. The van der Waals surface area contributed by atoms with Crippen molar-refractivity contribution in [3.05, 3.63) is 84.0 Å². The van der Waals surface area contributed by atoms with Crippen LogP contribution in [0.25, 0.3) is 33.4 Å². The number of rotatable bonds is 2. The van der Waals surface area contributed by atoms with Crippen molar-refractivity contribution >= 4 is 5.78 Å². The van der Waals surface area contributed by atoms with E-state index in [4.69, 9.17) is 0 Å². The van der Waals surface area contributed by atoms with E-state index in [1.54, 1.807) is 24.8 Å². The number of nitrogens with zero attached hydrogens (tertiary/aromatic N) is 4. The van der Waals surface area contributed by atoms with Crippen LogP contribution in [-0.4, -0.2) is 25.7 Å². The summed E-state index contributed by atoms with van der Waals surface area (Å²) in [6.07, 6.45) is 10.1. The molecular weight excluding hydrogens is 348 g/mol. The van der Waals surface area contributed by atoms with Crippen molar-refractivity contribution in [1.29, 1.82) is 0 Å². The average molecular weight is 364 g/mol. The molecular formula is C23H16N4O. The molecule has 0 aliphatic heterocycles. The van der Waals surface area contributed by atoms with Crippen LogP contribution in [0.5, 0.6) is 0 Å². The van der Waals surface area contributed by atoms with Gasteiger partial charge < -0.3 is 0 Å². The van der Waals surface area contributed by atoms with Crippen LogP contribution in [0.3, 0.4) is 0 Å². The van der Waals surface area contributed by atoms with Crippen LogP contribution in [0.1, 0.15) is 27.0 Å². The van der Waals surface area contributed by atoms with Gasteiger partial charge >= 0.3 is 0 Å². The third-order valence-electron chi connectivity index (χ3n) is 5.25. The van der Waals surface area contributed by atoms with Crippen molar-refractivity contribution < 1.29 is 4.79 Å². The van der Waals surface area contributed by atoms with E-state index in [9.17, 15) is 4.79 Å². The Bertz CT molecular complexity index is 1140. The maximum atomic E-state index is 13.2. The Labute approximate surface area is 162 Å². The third-order valence-corrected chi connectivity index (χ3v) is 5.25. The summed E-state index contributed by atoms with van der Waals surface area (Å²) >= 11 is 0. The number of carbonyl (C=O) groups is 1. The SMILES string of the molecule is Cc1cc2c(cc1-c1cncnc1)C(=O)c1cc(-c3cncnc3)c(C)cc1-2. The molecule has 0 saturated heterocycles. The lowest BCUT2D eigenvalue weighted by Crippen LogP contribution is -1.98. The molecule has 0 spiro atoms. The average Bonchev–Trinajstić information content (AvgIpc) is 2.98. The van der Waals surface area contributed by atoms with Gasteiger partial charge in [-0.3, -0.25) is 4.79 Å². The summed E-state index contributed by atoms with van der Waals surface area (Å²) < 4.78 is 0. The van der Waals surface area contributed by atoms with Gasteiger partial charge in [-0.15, -0.1) is 0 Å². The first kappa shape index (κ1) is 16.4. The summed E-state index contributed by atoms with van der Waals surface area (Å²) in [4.78, 5) is 29.6. The molecule has 28 heavy (non-hydrogen) atoms. The number of hydrogen-bond donors (Lipinski definition) is 0. The summed E-state index contributed by atoms with van der Waals surface area (Å²) in [7, 11) is 0. The Balaban J connectivity index is 1.69. The first-order chi connectivity index (χ1) is 13.6. The van der Waals surface area contributed by atoms with E-state index in [1.165, 1.54) is 12.7 Å². The van der Waals surface area contributed by atoms with Crippen LogP contribution in [0, 0.1) is 13.8 Å². The summed E-state index contributed by atoms with van der Waals surface area (Å²) in [5.74, 6) is 0.0428. The summed E-state index contributed by atoms with van der Waals surface area (Å²) in [6, 6.07) is 8.11. The van der Waals surface area contributed by atoms with E-state index in [0.717, 1.165) is 55.6 Å². The van der Waals surface area contributed by atoms with Crippen LogP contribution in [0.15, 0.2) is 61.7 Å². The van der Waals surface area contributed by atoms with Gasteiger partial charge in [-0.25, -0.2) is 19.9 Å². The van der Waals surface area contributed by atoms with Gasteiger partial charge in [-0.2, -0.15) is 0 Å². The molecule has 1 aliphatic carbocycles. The van der Waals surface area contributed by atoms with Crippen molar-refractivity contribution in [3.8, 4) is 33.4 Å². The lowest BCUT2D eigenvalue weighted by atomic mass is 9.94. The van der Waals surface area contributed by atoms with Gasteiger partial charge in [-0.1, -0.05) is 12.1 Å². The molecule has 0 N–H and O–H groups in total. The predicted octanol–water partition coefficient (Wildman–Crippen LogP) is 4.43. The molecule has 134 valence electrons. The number of carbonyl (C=O) groups excluding carboxylic acids is 1. The minimum atomic E-state index is 0.0428. The Morgan fingerprint density at radius 2 is 0.929 bits per heavy atom. The number of aromatic nitrogens is 4. The molecule has 0 fully saturated rings. The van der Waals surface area contributed by atoms with Crippen molar-refractivity contribution in [1.82, 2.24) is 19.9 Å². The van der Waals surface area contributed by atoms with Gasteiger partial charge in [0.25, 0.3) is 0 Å². The molecule has 1 aliphatic rings. The molecule has 5 heteroatoms.